The van der Waals surface area contributed by atoms with Crippen molar-refractivity contribution in [3.63, 3.8) is 0 Å². The lowest BCUT2D eigenvalue weighted by Gasteiger charge is -2.14. The van der Waals surface area contributed by atoms with Crippen LogP contribution >= 0.6 is 11.6 Å². The minimum absolute atomic E-state index is 0.0217. The topological polar surface area (TPSA) is 63.4 Å². The third kappa shape index (κ3) is 3.68. The number of nitro benzene ring substituents is 1. The summed E-state index contributed by atoms with van der Waals surface area (Å²) in [5, 5.41) is 20.9. The van der Waals surface area contributed by atoms with Gasteiger partial charge in [0.15, 0.2) is 0 Å². The highest BCUT2D eigenvalue weighted by Gasteiger charge is 2.18. The van der Waals surface area contributed by atoms with Crippen molar-refractivity contribution in [1.82, 2.24) is 0 Å². The molecular weight excluding hydrogens is 242 g/mol. The summed E-state index contributed by atoms with van der Waals surface area (Å²) >= 11 is 5.95. The average molecular weight is 258 g/mol. The Bertz CT molecular complexity index is 407. The number of aliphatic hydroxyl groups is 1. The highest BCUT2D eigenvalue weighted by Crippen LogP contribution is 2.28. The molecule has 0 amide bonds. The van der Waals surface area contributed by atoms with Crippen LogP contribution in [0, 0.1) is 16.0 Å². The van der Waals surface area contributed by atoms with Crippen molar-refractivity contribution < 1.29 is 10.0 Å². The summed E-state index contributed by atoms with van der Waals surface area (Å²) < 4.78 is 0. The van der Waals surface area contributed by atoms with Gasteiger partial charge >= 0.3 is 0 Å². The van der Waals surface area contributed by atoms with E-state index in [1.807, 2.05) is 13.8 Å². The first-order chi connectivity index (χ1) is 7.93. The molecule has 1 rings (SSSR count). The van der Waals surface area contributed by atoms with Crippen molar-refractivity contribution in [2.75, 3.05) is 0 Å². The van der Waals surface area contributed by atoms with Crippen LogP contribution in [0.1, 0.15) is 25.8 Å². The monoisotopic (exact) mass is 257 g/mol. The third-order valence-electron chi connectivity index (χ3n) is 2.75. The highest BCUT2D eigenvalue weighted by atomic mass is 35.5. The van der Waals surface area contributed by atoms with Crippen molar-refractivity contribution in [2.45, 2.75) is 32.8 Å². The van der Waals surface area contributed by atoms with Gasteiger partial charge in [0.1, 0.15) is 0 Å². The van der Waals surface area contributed by atoms with Gasteiger partial charge in [-0.05, 0) is 24.8 Å². The van der Waals surface area contributed by atoms with Gasteiger partial charge in [0.05, 0.1) is 16.0 Å². The highest BCUT2D eigenvalue weighted by molar-refractivity contribution is 6.31. The standard InChI is InChI=1S/C12H16ClNO3/c1-8(2)12(15)7-6-9-10(13)4-3-5-11(9)14(16)17/h3-5,8,12,15H,6-7H2,1-2H3. The van der Waals surface area contributed by atoms with E-state index in [1.54, 1.807) is 12.1 Å². The van der Waals surface area contributed by atoms with Gasteiger partial charge in [-0.1, -0.05) is 31.5 Å². The molecule has 1 aromatic carbocycles. The first-order valence-corrected chi connectivity index (χ1v) is 5.91. The molecule has 0 heterocycles. The van der Waals surface area contributed by atoms with Crippen LogP contribution in [0.3, 0.4) is 0 Å². The SMILES string of the molecule is CC(C)C(O)CCc1c(Cl)cccc1[N+](=O)[O-]. The van der Waals surface area contributed by atoms with Gasteiger partial charge in [-0.2, -0.15) is 0 Å². The summed E-state index contributed by atoms with van der Waals surface area (Å²) in [6, 6.07) is 4.62. The Balaban J connectivity index is 2.86. The molecule has 1 atom stereocenters. The molecule has 0 radical (unpaired) electrons. The molecule has 0 aromatic heterocycles. The summed E-state index contributed by atoms with van der Waals surface area (Å²) in [4.78, 5) is 10.4. The first kappa shape index (κ1) is 13.9. The smallest absolute Gasteiger partial charge is 0.274 e. The van der Waals surface area contributed by atoms with E-state index in [0.717, 1.165) is 0 Å². The number of halogens is 1. The van der Waals surface area contributed by atoms with Crippen LogP contribution < -0.4 is 0 Å². The molecule has 5 heteroatoms. The number of nitrogens with zero attached hydrogens (tertiary/aromatic N) is 1. The van der Waals surface area contributed by atoms with Crippen molar-refractivity contribution in [1.29, 1.82) is 0 Å². The summed E-state index contributed by atoms with van der Waals surface area (Å²) in [5.74, 6) is 0.136. The van der Waals surface area contributed by atoms with Gasteiger partial charge in [-0.25, -0.2) is 0 Å². The van der Waals surface area contributed by atoms with Crippen LogP contribution in [0.15, 0.2) is 18.2 Å². The molecule has 0 spiro atoms. The number of aliphatic hydroxyl groups excluding tert-OH is 1. The molecule has 0 saturated heterocycles. The van der Waals surface area contributed by atoms with Crippen LogP contribution in [0.25, 0.3) is 0 Å². The Morgan fingerprint density at radius 1 is 1.47 bits per heavy atom. The van der Waals surface area contributed by atoms with Gasteiger partial charge < -0.3 is 5.11 Å². The van der Waals surface area contributed by atoms with Crippen molar-refractivity contribution in [2.24, 2.45) is 5.92 Å². The maximum atomic E-state index is 10.8. The van der Waals surface area contributed by atoms with Gasteiger partial charge in [-0.15, -0.1) is 0 Å². The fraction of sp³-hybridized carbons (Fsp3) is 0.500. The summed E-state index contributed by atoms with van der Waals surface area (Å²) in [7, 11) is 0. The molecule has 0 fully saturated rings. The zero-order chi connectivity index (χ0) is 13.0. The molecule has 0 aliphatic carbocycles. The van der Waals surface area contributed by atoms with E-state index in [4.69, 9.17) is 11.6 Å². The van der Waals surface area contributed by atoms with Gasteiger partial charge in [0.25, 0.3) is 5.69 Å². The van der Waals surface area contributed by atoms with E-state index in [-0.39, 0.29) is 11.6 Å². The van der Waals surface area contributed by atoms with Crippen molar-refractivity contribution >= 4 is 17.3 Å². The minimum atomic E-state index is -0.467. The van der Waals surface area contributed by atoms with Gasteiger partial charge in [-0.3, -0.25) is 10.1 Å². The lowest BCUT2D eigenvalue weighted by Crippen LogP contribution is -2.15. The largest absolute Gasteiger partial charge is 0.393 e. The number of benzene rings is 1. The second-order valence-electron chi connectivity index (χ2n) is 4.34. The molecule has 0 bridgehead atoms. The second-order valence-corrected chi connectivity index (χ2v) is 4.75. The predicted molar refractivity (Wildman–Crippen MR) is 67.3 cm³/mol. The van der Waals surface area contributed by atoms with Crippen LogP contribution in [0.2, 0.25) is 5.02 Å². The molecule has 1 aromatic rings. The van der Waals surface area contributed by atoms with Crippen molar-refractivity contribution in [3.8, 4) is 0 Å². The predicted octanol–water partition coefficient (Wildman–Crippen LogP) is 3.20. The van der Waals surface area contributed by atoms with Crippen molar-refractivity contribution in [3.05, 3.63) is 38.9 Å². The molecule has 0 aliphatic heterocycles. The van der Waals surface area contributed by atoms with Gasteiger partial charge in [0.2, 0.25) is 0 Å². The summed E-state index contributed by atoms with van der Waals surface area (Å²) in [6.07, 6.45) is 0.420. The van der Waals surface area contributed by atoms with Gasteiger partial charge in [0, 0.05) is 11.6 Å². The zero-order valence-corrected chi connectivity index (χ0v) is 10.6. The Morgan fingerprint density at radius 3 is 2.65 bits per heavy atom. The summed E-state index contributed by atoms with van der Waals surface area (Å²) in [6.45, 7) is 3.82. The lowest BCUT2D eigenvalue weighted by molar-refractivity contribution is -0.385. The van der Waals surface area contributed by atoms with Crippen LogP contribution in [-0.2, 0) is 6.42 Å². The quantitative estimate of drug-likeness (QED) is 0.651. The third-order valence-corrected chi connectivity index (χ3v) is 3.10. The minimum Gasteiger partial charge on any atom is -0.393 e. The normalized spacial score (nSPS) is 12.8. The molecule has 94 valence electrons. The molecule has 4 nitrogen and oxygen atoms in total. The number of rotatable bonds is 5. The zero-order valence-electron chi connectivity index (χ0n) is 9.89. The Kier molecular flexibility index (Phi) is 4.90. The fourth-order valence-corrected chi connectivity index (χ4v) is 1.86. The molecule has 0 saturated carbocycles. The Labute approximate surface area is 105 Å². The van der Waals surface area contributed by atoms with E-state index >= 15 is 0 Å². The number of hydrogen-bond acceptors (Lipinski definition) is 3. The van der Waals surface area contributed by atoms with E-state index < -0.39 is 11.0 Å². The van der Waals surface area contributed by atoms with E-state index in [9.17, 15) is 15.2 Å². The fourth-order valence-electron chi connectivity index (χ4n) is 1.59. The molecule has 0 aliphatic rings. The van der Waals surface area contributed by atoms with Crippen LogP contribution in [0.5, 0.6) is 0 Å². The number of nitro groups is 1. The molecule has 1 N–H and O–H groups in total. The van der Waals surface area contributed by atoms with E-state index in [2.05, 4.69) is 0 Å². The Hall–Kier alpha value is -1.13. The molecular formula is C12H16ClNO3. The summed E-state index contributed by atoms with van der Waals surface area (Å²) in [5.41, 5.74) is 0.521. The maximum Gasteiger partial charge on any atom is 0.274 e. The molecule has 17 heavy (non-hydrogen) atoms. The lowest BCUT2D eigenvalue weighted by atomic mass is 9.98. The van der Waals surface area contributed by atoms with E-state index in [0.29, 0.717) is 23.4 Å². The average Bonchev–Trinajstić information content (AvgIpc) is 2.26. The Morgan fingerprint density at radius 2 is 2.12 bits per heavy atom. The first-order valence-electron chi connectivity index (χ1n) is 5.53. The van der Waals surface area contributed by atoms with Crippen LogP contribution in [-0.4, -0.2) is 16.1 Å². The second kappa shape index (κ2) is 5.98. The molecule has 1 unspecified atom stereocenters. The van der Waals surface area contributed by atoms with E-state index in [1.165, 1.54) is 6.07 Å². The van der Waals surface area contributed by atoms with Crippen LogP contribution in [0.4, 0.5) is 5.69 Å². The maximum absolute atomic E-state index is 10.8. The number of hydrogen-bond donors (Lipinski definition) is 1.